The summed E-state index contributed by atoms with van der Waals surface area (Å²) in [5.74, 6) is 5.78. The van der Waals surface area contributed by atoms with E-state index in [2.05, 4.69) is 29.5 Å². The number of carbonyl (C=O) groups is 1. The monoisotopic (exact) mass is 418 g/mol. The van der Waals surface area contributed by atoms with Crippen molar-refractivity contribution in [1.29, 1.82) is 0 Å². The molecule has 8 heteroatoms. The van der Waals surface area contributed by atoms with Crippen molar-refractivity contribution in [2.75, 3.05) is 13.2 Å². The van der Waals surface area contributed by atoms with Crippen LogP contribution in [0, 0.1) is 0 Å². The summed E-state index contributed by atoms with van der Waals surface area (Å²) in [6.07, 6.45) is 8.50. The zero-order valence-electron chi connectivity index (χ0n) is 18.0. The number of aromatic hydroxyl groups is 1. The molecule has 5 N–H and O–H groups in total. The molecule has 0 unspecified atom stereocenters. The smallest absolute Gasteiger partial charge is 0.234 e. The van der Waals surface area contributed by atoms with E-state index in [9.17, 15) is 9.90 Å². The van der Waals surface area contributed by atoms with Crippen LogP contribution >= 0.6 is 0 Å². The molecule has 1 aromatic carbocycles. The van der Waals surface area contributed by atoms with Gasteiger partial charge >= 0.3 is 0 Å². The highest BCUT2D eigenvalue weighted by atomic mass is 16.5. The fourth-order valence-corrected chi connectivity index (χ4v) is 3.12. The number of benzene rings is 1. The first kappa shape index (κ1) is 23.5. The van der Waals surface area contributed by atoms with Gasteiger partial charge in [-0.05, 0) is 37.0 Å². The molecule has 166 valence electrons. The molecule has 0 bridgehead atoms. The van der Waals surface area contributed by atoms with Crippen molar-refractivity contribution in [3.05, 3.63) is 23.9 Å². The van der Waals surface area contributed by atoms with Crippen molar-refractivity contribution in [3.63, 3.8) is 0 Å². The van der Waals surface area contributed by atoms with E-state index < -0.39 is 0 Å². The number of nitrogens with zero attached hydrogens (tertiary/aromatic N) is 1. The minimum Gasteiger partial charge on any atom is -0.504 e. The number of unbranched alkanes of at least 4 members (excludes halogenated alkanes) is 4. The fraction of sp³-hybridized carbons (Fsp3) is 0.545. The summed E-state index contributed by atoms with van der Waals surface area (Å²) in [5, 5.41) is 18.0. The van der Waals surface area contributed by atoms with Crippen LogP contribution in [0.25, 0.3) is 11.3 Å². The Kier molecular flexibility index (Phi) is 10.00. The number of phenolic OH excluding ortho intramolecular Hbond substituents is 1. The second-order valence-corrected chi connectivity index (χ2v) is 7.24. The number of aromatic nitrogens is 2. The molecule has 8 nitrogen and oxygen atoms in total. The number of aromatic amines is 1. The Morgan fingerprint density at radius 1 is 1.13 bits per heavy atom. The predicted octanol–water partition coefficient (Wildman–Crippen LogP) is 3.84. The molecule has 1 heterocycles. The summed E-state index contributed by atoms with van der Waals surface area (Å²) in [5.41, 5.74) is 4.13. The van der Waals surface area contributed by atoms with Gasteiger partial charge in [0.2, 0.25) is 11.7 Å². The van der Waals surface area contributed by atoms with Gasteiger partial charge in [-0.2, -0.15) is 5.10 Å². The molecule has 1 amide bonds. The molecule has 1 aromatic heterocycles. The van der Waals surface area contributed by atoms with Crippen molar-refractivity contribution < 1.29 is 19.4 Å². The summed E-state index contributed by atoms with van der Waals surface area (Å²) in [6.45, 7) is 5.34. The predicted molar refractivity (Wildman–Crippen MR) is 116 cm³/mol. The molecule has 0 saturated carbocycles. The molecule has 0 radical (unpaired) electrons. The topological polar surface area (TPSA) is 122 Å². The zero-order chi connectivity index (χ0) is 21.8. The second kappa shape index (κ2) is 12.7. The molecular weight excluding hydrogens is 384 g/mol. The first-order valence-corrected chi connectivity index (χ1v) is 10.8. The summed E-state index contributed by atoms with van der Waals surface area (Å²) < 4.78 is 11.8. The van der Waals surface area contributed by atoms with Gasteiger partial charge in [0.1, 0.15) is 0 Å². The lowest BCUT2D eigenvalue weighted by atomic mass is 10.0. The molecule has 0 spiro atoms. The van der Waals surface area contributed by atoms with E-state index in [0.717, 1.165) is 44.1 Å². The highest BCUT2D eigenvalue weighted by Gasteiger charge is 2.20. The lowest BCUT2D eigenvalue weighted by Crippen LogP contribution is -2.30. The number of hydrazine groups is 1. The number of rotatable bonds is 14. The first-order valence-electron chi connectivity index (χ1n) is 10.8. The molecule has 0 aliphatic carbocycles. The number of H-pyrrole nitrogens is 1. The van der Waals surface area contributed by atoms with Crippen LogP contribution in [-0.4, -0.2) is 34.4 Å². The minimum absolute atomic E-state index is 0.00765. The third-order valence-electron chi connectivity index (χ3n) is 4.86. The summed E-state index contributed by atoms with van der Waals surface area (Å²) in [4.78, 5) is 11.5. The number of hydrogen-bond donors (Lipinski definition) is 4. The molecule has 2 aromatic rings. The normalized spacial score (nSPS) is 10.8. The van der Waals surface area contributed by atoms with Gasteiger partial charge in [-0.1, -0.05) is 39.5 Å². The molecule has 2 rings (SSSR count). The van der Waals surface area contributed by atoms with E-state index in [1.165, 1.54) is 0 Å². The summed E-state index contributed by atoms with van der Waals surface area (Å²) in [7, 11) is 0. The van der Waals surface area contributed by atoms with E-state index in [1.807, 2.05) is 6.07 Å². The van der Waals surface area contributed by atoms with Crippen molar-refractivity contribution in [2.45, 2.75) is 65.2 Å². The Hall–Kier alpha value is -2.74. The first-order chi connectivity index (χ1) is 14.6. The maximum absolute atomic E-state index is 11.5. The van der Waals surface area contributed by atoms with E-state index in [0.29, 0.717) is 42.4 Å². The van der Waals surface area contributed by atoms with Crippen LogP contribution in [0.5, 0.6) is 17.2 Å². The van der Waals surface area contributed by atoms with E-state index >= 15 is 0 Å². The SMILES string of the molecule is CCCCCOc1ccc(-c2[nH]ncc2CCC(=O)NN)c(O)c1OCCCCC. The lowest BCUT2D eigenvalue weighted by Gasteiger charge is -2.16. The highest BCUT2D eigenvalue weighted by Crippen LogP contribution is 2.44. The number of aryl methyl sites for hydroxylation is 1. The summed E-state index contributed by atoms with van der Waals surface area (Å²) in [6, 6.07) is 3.59. The van der Waals surface area contributed by atoms with Gasteiger partial charge in [-0.15, -0.1) is 0 Å². The van der Waals surface area contributed by atoms with Crippen LogP contribution in [0.4, 0.5) is 0 Å². The number of ether oxygens (including phenoxy) is 2. The third-order valence-corrected chi connectivity index (χ3v) is 4.86. The van der Waals surface area contributed by atoms with Crippen molar-refractivity contribution in [2.24, 2.45) is 5.84 Å². The Labute approximate surface area is 178 Å². The minimum atomic E-state index is -0.262. The standard InChI is InChI=1S/C22H34N4O4/c1-3-5-7-13-29-18-11-10-17(21(28)22(18)30-14-8-6-4-2)20-16(15-24-26-20)9-12-19(27)25-23/h10-11,15,28H,3-9,12-14,23H2,1-2H3,(H,24,26)(H,25,27). The maximum Gasteiger partial charge on any atom is 0.234 e. The Morgan fingerprint density at radius 3 is 2.50 bits per heavy atom. The van der Waals surface area contributed by atoms with Gasteiger partial charge in [0.15, 0.2) is 11.5 Å². The number of phenols is 1. The number of amides is 1. The average Bonchev–Trinajstić information content (AvgIpc) is 3.22. The lowest BCUT2D eigenvalue weighted by molar-refractivity contribution is -0.121. The van der Waals surface area contributed by atoms with Gasteiger partial charge in [0.05, 0.1) is 25.1 Å². The number of nitrogens with one attached hydrogen (secondary N) is 2. The van der Waals surface area contributed by atoms with Gasteiger partial charge in [-0.25, -0.2) is 5.84 Å². The van der Waals surface area contributed by atoms with Crippen LogP contribution < -0.4 is 20.7 Å². The number of nitrogens with two attached hydrogens (primary N) is 1. The Balaban J connectivity index is 2.26. The van der Waals surface area contributed by atoms with Crippen LogP contribution in [0.3, 0.4) is 0 Å². The van der Waals surface area contributed by atoms with Crippen molar-refractivity contribution >= 4 is 5.91 Å². The third kappa shape index (κ3) is 6.66. The largest absolute Gasteiger partial charge is 0.504 e. The molecule has 0 saturated heterocycles. The maximum atomic E-state index is 11.5. The van der Waals surface area contributed by atoms with Gasteiger partial charge < -0.3 is 14.6 Å². The second-order valence-electron chi connectivity index (χ2n) is 7.24. The van der Waals surface area contributed by atoms with Crippen LogP contribution in [0.15, 0.2) is 18.3 Å². The average molecular weight is 419 g/mol. The van der Waals surface area contributed by atoms with Gasteiger partial charge in [0.25, 0.3) is 0 Å². The number of hydrogen-bond acceptors (Lipinski definition) is 6. The zero-order valence-corrected chi connectivity index (χ0v) is 18.0. The molecule has 0 fully saturated rings. The van der Waals surface area contributed by atoms with Crippen molar-refractivity contribution in [3.8, 4) is 28.5 Å². The summed E-state index contributed by atoms with van der Waals surface area (Å²) >= 11 is 0. The highest BCUT2D eigenvalue weighted by molar-refractivity contribution is 5.77. The van der Waals surface area contributed by atoms with Crippen molar-refractivity contribution in [1.82, 2.24) is 15.6 Å². The molecule has 30 heavy (non-hydrogen) atoms. The van der Waals surface area contributed by atoms with Crippen LogP contribution in [0.2, 0.25) is 0 Å². The molecular formula is C22H34N4O4. The van der Waals surface area contributed by atoms with E-state index in [1.54, 1.807) is 12.3 Å². The van der Waals surface area contributed by atoms with Gasteiger partial charge in [-0.3, -0.25) is 15.3 Å². The number of carbonyl (C=O) groups excluding carboxylic acids is 1. The van der Waals surface area contributed by atoms with E-state index in [4.69, 9.17) is 15.3 Å². The Bertz CT molecular complexity index is 791. The molecule has 0 atom stereocenters. The Morgan fingerprint density at radius 2 is 1.83 bits per heavy atom. The molecule has 0 aliphatic rings. The quantitative estimate of drug-likeness (QED) is 0.160. The van der Waals surface area contributed by atoms with E-state index in [-0.39, 0.29) is 18.1 Å². The van der Waals surface area contributed by atoms with Crippen LogP contribution in [-0.2, 0) is 11.2 Å². The van der Waals surface area contributed by atoms with Crippen LogP contribution in [0.1, 0.15) is 64.4 Å². The fourth-order valence-electron chi connectivity index (χ4n) is 3.12. The van der Waals surface area contributed by atoms with Gasteiger partial charge in [0, 0.05) is 12.0 Å². The molecule has 0 aliphatic heterocycles.